The predicted octanol–water partition coefficient (Wildman–Crippen LogP) is 0.212. The maximum atomic E-state index is 10.1. The number of aliphatic carboxylic acids is 1. The summed E-state index contributed by atoms with van der Waals surface area (Å²) in [6, 6.07) is 0. The summed E-state index contributed by atoms with van der Waals surface area (Å²) in [4.78, 5) is 10.1. The summed E-state index contributed by atoms with van der Waals surface area (Å²) in [5.41, 5.74) is 0. The van der Waals surface area contributed by atoms with Gasteiger partial charge in [0.25, 0.3) is 0 Å². The number of nitrogens with one attached hydrogen (secondary N) is 1. The van der Waals surface area contributed by atoms with Crippen molar-refractivity contribution in [2.45, 2.75) is 32.3 Å². The van der Waals surface area contributed by atoms with E-state index >= 15 is 0 Å². The molecule has 0 amide bonds. The van der Waals surface area contributed by atoms with Crippen molar-refractivity contribution in [2.24, 2.45) is 0 Å². The van der Waals surface area contributed by atoms with Gasteiger partial charge in [0.05, 0.1) is 12.5 Å². The number of aliphatic hydroxyl groups is 1. The first kappa shape index (κ1) is 11.4. The van der Waals surface area contributed by atoms with Crippen LogP contribution in [0.4, 0.5) is 0 Å². The van der Waals surface area contributed by atoms with E-state index in [1.165, 1.54) is 0 Å². The summed E-state index contributed by atoms with van der Waals surface area (Å²) in [6.07, 6.45) is 1.21. The van der Waals surface area contributed by atoms with Crippen LogP contribution in [0, 0.1) is 0 Å². The van der Waals surface area contributed by atoms with Crippen LogP contribution in [-0.2, 0) is 4.79 Å². The zero-order valence-corrected chi connectivity index (χ0v) is 7.42. The molecule has 4 heteroatoms. The number of carbonyl (C=O) groups is 1. The zero-order chi connectivity index (χ0) is 9.40. The van der Waals surface area contributed by atoms with Crippen LogP contribution in [-0.4, -0.2) is 35.4 Å². The number of rotatable bonds is 7. The van der Waals surface area contributed by atoms with E-state index < -0.39 is 12.1 Å². The van der Waals surface area contributed by atoms with Crippen molar-refractivity contribution in [3.05, 3.63) is 0 Å². The van der Waals surface area contributed by atoms with Crippen molar-refractivity contribution in [2.75, 3.05) is 13.1 Å². The molecule has 0 aromatic heterocycles. The van der Waals surface area contributed by atoms with Gasteiger partial charge < -0.3 is 15.5 Å². The Labute approximate surface area is 72.6 Å². The van der Waals surface area contributed by atoms with Crippen LogP contribution in [0.1, 0.15) is 26.2 Å². The molecule has 0 radical (unpaired) electrons. The third-order valence-corrected chi connectivity index (χ3v) is 1.50. The first-order valence-electron chi connectivity index (χ1n) is 4.27. The zero-order valence-electron chi connectivity index (χ0n) is 7.42. The lowest BCUT2D eigenvalue weighted by Crippen LogP contribution is -2.29. The Kier molecular flexibility index (Phi) is 6.70. The van der Waals surface area contributed by atoms with E-state index in [4.69, 9.17) is 10.2 Å². The largest absolute Gasteiger partial charge is 0.481 e. The molecule has 0 aliphatic rings. The minimum absolute atomic E-state index is 0.181. The van der Waals surface area contributed by atoms with Crippen molar-refractivity contribution in [1.29, 1.82) is 0 Å². The quantitative estimate of drug-likeness (QED) is 0.484. The van der Waals surface area contributed by atoms with Gasteiger partial charge in [0.15, 0.2) is 0 Å². The summed E-state index contributed by atoms with van der Waals surface area (Å²) in [7, 11) is 0. The van der Waals surface area contributed by atoms with Crippen LogP contribution >= 0.6 is 0 Å². The number of carboxylic acid groups (broad SMARTS) is 1. The number of carboxylic acids is 1. The van der Waals surface area contributed by atoms with E-state index in [1.54, 1.807) is 0 Å². The highest BCUT2D eigenvalue weighted by Gasteiger charge is 2.07. The molecular formula is C8H17NO3. The topological polar surface area (TPSA) is 69.6 Å². The third-order valence-electron chi connectivity index (χ3n) is 1.50. The summed E-state index contributed by atoms with van der Waals surface area (Å²) in [5.74, 6) is -0.959. The van der Waals surface area contributed by atoms with Gasteiger partial charge in [-0.3, -0.25) is 4.79 Å². The standard InChI is InChI=1S/C8H17NO3/c1-2-3-4-9-6-7(10)5-8(11)12/h7,9-10H,2-6H2,1H3,(H,11,12). The van der Waals surface area contributed by atoms with Crippen LogP contribution in [0.15, 0.2) is 0 Å². The SMILES string of the molecule is CCCCNCC(O)CC(=O)O. The van der Waals surface area contributed by atoms with Gasteiger partial charge in [-0.15, -0.1) is 0 Å². The van der Waals surface area contributed by atoms with Gasteiger partial charge in [-0.25, -0.2) is 0 Å². The van der Waals surface area contributed by atoms with Gasteiger partial charge in [-0.05, 0) is 13.0 Å². The van der Waals surface area contributed by atoms with Crippen molar-refractivity contribution in [3.63, 3.8) is 0 Å². The summed E-state index contributed by atoms with van der Waals surface area (Å²) >= 11 is 0. The molecule has 0 aliphatic heterocycles. The molecule has 0 fully saturated rings. The Morgan fingerprint density at radius 3 is 2.75 bits per heavy atom. The predicted molar refractivity (Wildman–Crippen MR) is 46.0 cm³/mol. The number of hydrogen-bond donors (Lipinski definition) is 3. The second kappa shape index (κ2) is 7.06. The van der Waals surface area contributed by atoms with Crippen LogP contribution in [0.25, 0.3) is 0 Å². The van der Waals surface area contributed by atoms with Gasteiger partial charge in [0.2, 0.25) is 0 Å². The highest BCUT2D eigenvalue weighted by molar-refractivity contribution is 5.67. The fourth-order valence-corrected chi connectivity index (χ4v) is 0.844. The molecule has 12 heavy (non-hydrogen) atoms. The third kappa shape index (κ3) is 7.50. The number of unbranched alkanes of at least 4 members (excludes halogenated alkanes) is 1. The van der Waals surface area contributed by atoms with Gasteiger partial charge >= 0.3 is 5.97 Å². The summed E-state index contributed by atoms with van der Waals surface area (Å²) < 4.78 is 0. The molecule has 0 heterocycles. The first-order valence-corrected chi connectivity index (χ1v) is 4.27. The molecule has 0 saturated carbocycles. The molecule has 1 atom stereocenters. The van der Waals surface area contributed by atoms with Gasteiger partial charge in [0.1, 0.15) is 0 Å². The molecule has 0 spiro atoms. The van der Waals surface area contributed by atoms with E-state index in [0.29, 0.717) is 6.54 Å². The normalized spacial score (nSPS) is 12.8. The van der Waals surface area contributed by atoms with Crippen molar-refractivity contribution < 1.29 is 15.0 Å². The smallest absolute Gasteiger partial charge is 0.306 e. The highest BCUT2D eigenvalue weighted by atomic mass is 16.4. The minimum atomic E-state index is -0.959. The summed E-state index contributed by atoms with van der Waals surface area (Å²) in [6.45, 7) is 3.29. The average molecular weight is 175 g/mol. The maximum absolute atomic E-state index is 10.1. The van der Waals surface area contributed by atoms with Gasteiger partial charge in [-0.1, -0.05) is 13.3 Å². The van der Waals surface area contributed by atoms with Gasteiger partial charge in [-0.2, -0.15) is 0 Å². The Morgan fingerprint density at radius 1 is 1.58 bits per heavy atom. The second-order valence-electron chi connectivity index (χ2n) is 2.81. The van der Waals surface area contributed by atoms with Crippen molar-refractivity contribution in [3.8, 4) is 0 Å². The Balaban J connectivity index is 3.19. The monoisotopic (exact) mass is 175 g/mol. The first-order chi connectivity index (χ1) is 5.66. The van der Waals surface area contributed by atoms with Crippen molar-refractivity contribution >= 4 is 5.97 Å². The number of aliphatic hydroxyl groups excluding tert-OH is 1. The molecule has 0 aliphatic carbocycles. The molecule has 0 saturated heterocycles. The fourth-order valence-electron chi connectivity index (χ4n) is 0.844. The lowest BCUT2D eigenvalue weighted by molar-refractivity contribution is -0.139. The van der Waals surface area contributed by atoms with E-state index in [0.717, 1.165) is 19.4 Å². The molecule has 0 rings (SSSR count). The minimum Gasteiger partial charge on any atom is -0.481 e. The summed E-state index contributed by atoms with van der Waals surface area (Å²) in [5, 5.41) is 20.4. The Hall–Kier alpha value is -0.610. The molecule has 0 aromatic carbocycles. The maximum Gasteiger partial charge on any atom is 0.306 e. The van der Waals surface area contributed by atoms with Gasteiger partial charge in [0, 0.05) is 6.54 Å². The van der Waals surface area contributed by atoms with E-state index in [-0.39, 0.29) is 6.42 Å². The average Bonchev–Trinajstić information content (AvgIpc) is 1.97. The molecule has 72 valence electrons. The van der Waals surface area contributed by atoms with Crippen LogP contribution in [0.3, 0.4) is 0 Å². The lowest BCUT2D eigenvalue weighted by Gasteiger charge is -2.08. The van der Waals surface area contributed by atoms with E-state index in [2.05, 4.69) is 12.2 Å². The Morgan fingerprint density at radius 2 is 2.25 bits per heavy atom. The fraction of sp³-hybridized carbons (Fsp3) is 0.875. The molecule has 0 aromatic rings. The van der Waals surface area contributed by atoms with Crippen LogP contribution in [0.2, 0.25) is 0 Å². The highest BCUT2D eigenvalue weighted by Crippen LogP contribution is 1.89. The molecule has 3 N–H and O–H groups in total. The van der Waals surface area contributed by atoms with E-state index in [9.17, 15) is 4.79 Å². The second-order valence-corrected chi connectivity index (χ2v) is 2.81. The van der Waals surface area contributed by atoms with E-state index in [1.807, 2.05) is 0 Å². The number of hydrogen-bond acceptors (Lipinski definition) is 3. The lowest BCUT2D eigenvalue weighted by atomic mass is 10.2. The van der Waals surface area contributed by atoms with Crippen LogP contribution < -0.4 is 5.32 Å². The molecule has 1 unspecified atom stereocenters. The van der Waals surface area contributed by atoms with Crippen molar-refractivity contribution in [1.82, 2.24) is 5.32 Å². The van der Waals surface area contributed by atoms with Crippen LogP contribution in [0.5, 0.6) is 0 Å². The molecular weight excluding hydrogens is 158 g/mol. The Bertz CT molecular complexity index is 127. The molecule has 0 bridgehead atoms. The molecule has 4 nitrogen and oxygen atoms in total.